The third-order valence-electron chi connectivity index (χ3n) is 4.16. The van der Waals surface area contributed by atoms with E-state index < -0.39 is 10.0 Å². The predicted octanol–water partition coefficient (Wildman–Crippen LogP) is 1.22. The summed E-state index contributed by atoms with van der Waals surface area (Å²) in [6.07, 6.45) is 2.25. The van der Waals surface area contributed by atoms with Gasteiger partial charge in [0.1, 0.15) is 0 Å². The monoisotopic (exact) mass is 359 g/mol. The highest BCUT2D eigenvalue weighted by Gasteiger charge is 2.26. The first-order chi connectivity index (χ1) is 10.6. The van der Waals surface area contributed by atoms with E-state index in [1.165, 1.54) is 4.31 Å². The summed E-state index contributed by atoms with van der Waals surface area (Å²) in [5.74, 6) is 0.106. The third kappa shape index (κ3) is 3.85. The van der Waals surface area contributed by atoms with Crippen molar-refractivity contribution in [2.24, 2.45) is 0 Å². The van der Waals surface area contributed by atoms with E-state index in [4.69, 9.17) is 0 Å². The van der Waals surface area contributed by atoms with Crippen molar-refractivity contribution < 1.29 is 13.2 Å². The smallest absolute Gasteiger partial charge is 0.243 e. The van der Waals surface area contributed by atoms with Crippen LogP contribution in [0.25, 0.3) is 0 Å². The third-order valence-corrected chi connectivity index (χ3v) is 6.07. The second kappa shape index (κ2) is 7.61. The normalized spacial score (nSPS) is 20.2. The highest BCUT2D eigenvalue weighted by atomic mass is 35.5. The highest BCUT2D eigenvalue weighted by Crippen LogP contribution is 2.24. The molecule has 6 nitrogen and oxygen atoms in total. The van der Waals surface area contributed by atoms with E-state index >= 15 is 0 Å². The van der Waals surface area contributed by atoms with E-state index in [0.717, 1.165) is 25.1 Å². The minimum atomic E-state index is -3.45. The summed E-state index contributed by atoms with van der Waals surface area (Å²) in [5.41, 5.74) is 0.777. The van der Waals surface area contributed by atoms with Crippen LogP contribution < -0.4 is 10.2 Å². The number of nitrogens with zero attached hydrogens (tertiary/aromatic N) is 2. The van der Waals surface area contributed by atoms with Gasteiger partial charge in [-0.1, -0.05) is 0 Å². The molecule has 2 aliphatic heterocycles. The molecule has 2 fully saturated rings. The number of carbonyl (C=O) groups excluding carboxylic acids is 1. The van der Waals surface area contributed by atoms with Gasteiger partial charge >= 0.3 is 0 Å². The van der Waals surface area contributed by atoms with Crippen molar-refractivity contribution in [3.8, 4) is 0 Å². The molecule has 8 heteroatoms. The summed E-state index contributed by atoms with van der Waals surface area (Å²) in [6.45, 7) is 3.28. The molecule has 0 unspecified atom stereocenters. The molecule has 0 radical (unpaired) electrons. The molecular weight excluding hydrogens is 338 g/mol. The SMILES string of the molecule is Cl.O=C1CCCN1c1ccc(S(=O)(=O)N2CCCNCC2)cc1. The number of anilines is 1. The topological polar surface area (TPSA) is 69.7 Å². The molecule has 128 valence electrons. The Labute approximate surface area is 143 Å². The van der Waals surface area contributed by atoms with Gasteiger partial charge in [-0.2, -0.15) is 4.31 Å². The summed E-state index contributed by atoms with van der Waals surface area (Å²) in [5, 5.41) is 3.20. The van der Waals surface area contributed by atoms with E-state index in [0.29, 0.717) is 37.5 Å². The molecule has 0 spiro atoms. The maximum atomic E-state index is 12.7. The molecule has 1 N–H and O–H groups in total. The van der Waals surface area contributed by atoms with Gasteiger partial charge in [0.05, 0.1) is 4.90 Å². The Morgan fingerprint density at radius 3 is 2.35 bits per heavy atom. The number of carbonyl (C=O) groups is 1. The van der Waals surface area contributed by atoms with Crippen LogP contribution in [0.4, 0.5) is 5.69 Å². The molecule has 1 aromatic rings. The van der Waals surface area contributed by atoms with Crippen molar-refractivity contribution in [3.63, 3.8) is 0 Å². The lowest BCUT2D eigenvalue weighted by Gasteiger charge is -2.20. The molecule has 0 saturated carbocycles. The van der Waals surface area contributed by atoms with Gasteiger partial charge in [-0.3, -0.25) is 4.79 Å². The van der Waals surface area contributed by atoms with Crippen LogP contribution in [0, 0.1) is 0 Å². The summed E-state index contributed by atoms with van der Waals surface area (Å²) >= 11 is 0. The Hall–Kier alpha value is -1.15. The van der Waals surface area contributed by atoms with E-state index in [-0.39, 0.29) is 18.3 Å². The summed E-state index contributed by atoms with van der Waals surface area (Å²) in [7, 11) is -3.45. The second-order valence-electron chi connectivity index (χ2n) is 5.65. The van der Waals surface area contributed by atoms with Gasteiger partial charge in [-0.05, 0) is 43.7 Å². The zero-order chi connectivity index (χ0) is 15.6. The minimum absolute atomic E-state index is 0. The number of benzene rings is 1. The zero-order valence-electron chi connectivity index (χ0n) is 12.9. The molecule has 1 aromatic carbocycles. The quantitative estimate of drug-likeness (QED) is 0.881. The molecule has 23 heavy (non-hydrogen) atoms. The van der Waals surface area contributed by atoms with Gasteiger partial charge in [-0.25, -0.2) is 8.42 Å². The largest absolute Gasteiger partial charge is 0.315 e. The number of halogens is 1. The first kappa shape index (κ1) is 18.2. The van der Waals surface area contributed by atoms with Crippen molar-refractivity contribution in [1.29, 1.82) is 0 Å². The standard InChI is InChI=1S/C15H21N3O3S.ClH/c19-15-3-1-11-18(15)13-4-6-14(7-5-13)22(20,21)17-10-2-8-16-9-12-17;/h4-7,16H,1-3,8-12H2;1H. The molecular formula is C15H22ClN3O3S. The summed E-state index contributed by atoms with van der Waals surface area (Å²) < 4.78 is 26.8. The number of sulfonamides is 1. The van der Waals surface area contributed by atoms with Crippen LogP contribution in [-0.2, 0) is 14.8 Å². The molecule has 0 bridgehead atoms. The van der Waals surface area contributed by atoms with Crippen LogP contribution in [0.3, 0.4) is 0 Å². The first-order valence-corrected chi connectivity index (χ1v) is 9.14. The van der Waals surface area contributed by atoms with Crippen molar-refractivity contribution >= 4 is 34.0 Å². The average Bonchev–Trinajstić information content (AvgIpc) is 2.78. The van der Waals surface area contributed by atoms with Gasteiger partial charge in [0.2, 0.25) is 15.9 Å². The fourth-order valence-electron chi connectivity index (χ4n) is 2.93. The second-order valence-corrected chi connectivity index (χ2v) is 7.59. The van der Waals surface area contributed by atoms with Crippen LogP contribution in [0.1, 0.15) is 19.3 Å². The van der Waals surface area contributed by atoms with E-state index in [9.17, 15) is 13.2 Å². The Bertz CT molecular complexity index is 640. The van der Waals surface area contributed by atoms with Gasteiger partial charge in [0.15, 0.2) is 0 Å². The minimum Gasteiger partial charge on any atom is -0.315 e. The fourth-order valence-corrected chi connectivity index (χ4v) is 4.41. The van der Waals surface area contributed by atoms with Gasteiger partial charge in [0, 0.05) is 38.3 Å². The van der Waals surface area contributed by atoms with E-state index in [1.54, 1.807) is 29.2 Å². The molecule has 0 aliphatic carbocycles. The van der Waals surface area contributed by atoms with Crippen LogP contribution in [0.15, 0.2) is 29.2 Å². The highest BCUT2D eigenvalue weighted by molar-refractivity contribution is 7.89. The van der Waals surface area contributed by atoms with Crippen LogP contribution in [0.2, 0.25) is 0 Å². The van der Waals surface area contributed by atoms with Crippen molar-refractivity contribution in [2.45, 2.75) is 24.2 Å². The van der Waals surface area contributed by atoms with E-state index in [2.05, 4.69) is 5.32 Å². The Balaban J connectivity index is 0.00000192. The molecule has 1 amide bonds. The number of rotatable bonds is 3. The lowest BCUT2D eigenvalue weighted by molar-refractivity contribution is -0.117. The summed E-state index contributed by atoms with van der Waals surface area (Å²) in [6, 6.07) is 6.67. The Morgan fingerprint density at radius 1 is 0.957 bits per heavy atom. The number of nitrogens with one attached hydrogen (secondary N) is 1. The Morgan fingerprint density at radius 2 is 1.70 bits per heavy atom. The van der Waals surface area contributed by atoms with Gasteiger partial charge in [0.25, 0.3) is 0 Å². The number of amides is 1. The first-order valence-electron chi connectivity index (χ1n) is 7.70. The maximum absolute atomic E-state index is 12.7. The molecule has 0 atom stereocenters. The predicted molar refractivity (Wildman–Crippen MR) is 91.5 cm³/mol. The fraction of sp³-hybridized carbons (Fsp3) is 0.533. The zero-order valence-corrected chi connectivity index (χ0v) is 14.5. The summed E-state index contributed by atoms with van der Waals surface area (Å²) in [4.78, 5) is 13.7. The maximum Gasteiger partial charge on any atom is 0.243 e. The van der Waals surface area contributed by atoms with Gasteiger partial charge in [-0.15, -0.1) is 12.4 Å². The van der Waals surface area contributed by atoms with Crippen molar-refractivity contribution in [3.05, 3.63) is 24.3 Å². The van der Waals surface area contributed by atoms with Crippen molar-refractivity contribution in [2.75, 3.05) is 37.6 Å². The van der Waals surface area contributed by atoms with E-state index in [1.807, 2.05) is 0 Å². The molecule has 0 aromatic heterocycles. The lowest BCUT2D eigenvalue weighted by atomic mass is 10.3. The van der Waals surface area contributed by atoms with Crippen molar-refractivity contribution in [1.82, 2.24) is 9.62 Å². The van der Waals surface area contributed by atoms with Crippen LogP contribution >= 0.6 is 12.4 Å². The molecule has 2 heterocycles. The average molecular weight is 360 g/mol. The Kier molecular flexibility index (Phi) is 6.02. The van der Waals surface area contributed by atoms with Gasteiger partial charge < -0.3 is 10.2 Å². The lowest BCUT2D eigenvalue weighted by Crippen LogP contribution is -2.34. The van der Waals surface area contributed by atoms with Crippen LogP contribution in [0.5, 0.6) is 0 Å². The molecule has 3 rings (SSSR count). The molecule has 2 aliphatic rings. The molecule has 2 saturated heterocycles. The number of hydrogen-bond donors (Lipinski definition) is 1. The van der Waals surface area contributed by atoms with Crippen LogP contribution in [-0.4, -0.2) is 51.4 Å². The number of hydrogen-bond acceptors (Lipinski definition) is 4.